The number of nitrogens with two attached hydrogens (primary N) is 1. The molecule has 0 saturated carbocycles. The summed E-state index contributed by atoms with van der Waals surface area (Å²) in [6.07, 6.45) is 2.46. The lowest BCUT2D eigenvalue weighted by molar-refractivity contribution is 0.549. The average Bonchev–Trinajstić information content (AvgIpc) is 2.85. The van der Waals surface area contributed by atoms with Crippen molar-refractivity contribution in [1.82, 2.24) is 14.5 Å². The molecule has 1 unspecified atom stereocenters. The number of pyridine rings is 1. The van der Waals surface area contributed by atoms with Crippen molar-refractivity contribution in [3.63, 3.8) is 0 Å². The van der Waals surface area contributed by atoms with E-state index in [-0.39, 0.29) is 11.9 Å². The summed E-state index contributed by atoms with van der Waals surface area (Å²) in [7, 11) is 0. The largest absolute Gasteiger partial charge is 0.328 e. The molecule has 1 atom stereocenters. The van der Waals surface area contributed by atoms with Gasteiger partial charge in [0.25, 0.3) is 0 Å². The van der Waals surface area contributed by atoms with Crippen molar-refractivity contribution < 1.29 is 4.39 Å². The van der Waals surface area contributed by atoms with Crippen LogP contribution in [0.3, 0.4) is 0 Å². The van der Waals surface area contributed by atoms with Crippen LogP contribution in [0.1, 0.15) is 29.9 Å². The van der Waals surface area contributed by atoms with Crippen LogP contribution in [-0.2, 0) is 6.42 Å². The first-order chi connectivity index (χ1) is 10.6. The summed E-state index contributed by atoms with van der Waals surface area (Å²) in [6, 6.07) is 8.63. The van der Waals surface area contributed by atoms with Gasteiger partial charge in [0.2, 0.25) is 0 Å². The Balaban J connectivity index is 2.08. The maximum atomic E-state index is 13.1. The van der Waals surface area contributed by atoms with Crippen LogP contribution in [0.15, 0.2) is 36.5 Å². The summed E-state index contributed by atoms with van der Waals surface area (Å²) in [4.78, 5) is 9.22. The lowest BCUT2D eigenvalue weighted by Gasteiger charge is -2.15. The van der Waals surface area contributed by atoms with E-state index < -0.39 is 0 Å². The molecule has 0 saturated heterocycles. The Morgan fingerprint density at radius 3 is 2.68 bits per heavy atom. The van der Waals surface area contributed by atoms with Gasteiger partial charge in [0.1, 0.15) is 17.2 Å². The molecule has 0 fully saturated rings. The molecule has 0 aliphatic carbocycles. The van der Waals surface area contributed by atoms with E-state index in [0.717, 1.165) is 28.1 Å². The zero-order valence-electron chi connectivity index (χ0n) is 12.8. The normalized spacial score (nSPS) is 12.7. The molecule has 0 aliphatic heterocycles. The van der Waals surface area contributed by atoms with Gasteiger partial charge in [-0.15, -0.1) is 0 Å². The molecule has 0 amide bonds. The van der Waals surface area contributed by atoms with Crippen molar-refractivity contribution >= 4 is 11.2 Å². The highest BCUT2D eigenvalue weighted by Gasteiger charge is 2.16. The predicted molar refractivity (Wildman–Crippen MR) is 85.2 cm³/mol. The van der Waals surface area contributed by atoms with Crippen LogP contribution < -0.4 is 5.73 Å². The Morgan fingerprint density at radius 2 is 2.00 bits per heavy atom. The zero-order valence-corrected chi connectivity index (χ0v) is 12.8. The highest BCUT2D eigenvalue weighted by atomic mass is 19.1. The number of hydrogen-bond donors (Lipinski definition) is 1. The van der Waals surface area contributed by atoms with Gasteiger partial charge in [-0.2, -0.15) is 0 Å². The summed E-state index contributed by atoms with van der Waals surface area (Å²) >= 11 is 0. The molecule has 114 valence electrons. The van der Waals surface area contributed by atoms with Crippen LogP contribution in [0.25, 0.3) is 11.2 Å². The molecule has 0 bridgehead atoms. The van der Waals surface area contributed by atoms with E-state index in [9.17, 15) is 4.39 Å². The predicted octanol–water partition coefficient (Wildman–Crippen LogP) is 2.99. The van der Waals surface area contributed by atoms with E-state index in [0.29, 0.717) is 13.0 Å². The fourth-order valence-corrected chi connectivity index (χ4v) is 2.61. The number of rotatable bonds is 4. The molecule has 1 aromatic carbocycles. The molecule has 4 nitrogen and oxygen atoms in total. The van der Waals surface area contributed by atoms with Gasteiger partial charge in [-0.05, 0) is 43.2 Å². The summed E-state index contributed by atoms with van der Waals surface area (Å²) in [5, 5.41) is 0. The van der Waals surface area contributed by atoms with Crippen molar-refractivity contribution in [3.8, 4) is 0 Å². The summed E-state index contributed by atoms with van der Waals surface area (Å²) in [6.45, 7) is 4.56. The lowest BCUT2D eigenvalue weighted by atomic mass is 10.1. The van der Waals surface area contributed by atoms with Crippen molar-refractivity contribution in [2.75, 3.05) is 6.54 Å². The third kappa shape index (κ3) is 2.72. The van der Waals surface area contributed by atoms with Gasteiger partial charge in [0.15, 0.2) is 5.65 Å². The first kappa shape index (κ1) is 14.7. The van der Waals surface area contributed by atoms with E-state index in [1.54, 1.807) is 12.1 Å². The zero-order chi connectivity index (χ0) is 15.7. The molecule has 3 aromatic rings. The van der Waals surface area contributed by atoms with Crippen LogP contribution in [0.2, 0.25) is 0 Å². The van der Waals surface area contributed by atoms with Crippen LogP contribution >= 0.6 is 0 Å². The van der Waals surface area contributed by atoms with Gasteiger partial charge in [0.05, 0.1) is 0 Å². The van der Waals surface area contributed by atoms with Gasteiger partial charge in [-0.25, -0.2) is 14.4 Å². The molecule has 0 spiro atoms. The van der Waals surface area contributed by atoms with Gasteiger partial charge < -0.3 is 10.3 Å². The maximum absolute atomic E-state index is 13.1. The van der Waals surface area contributed by atoms with Crippen molar-refractivity contribution in [1.29, 1.82) is 0 Å². The lowest BCUT2D eigenvalue weighted by Crippen LogP contribution is -2.18. The molecule has 0 radical (unpaired) electrons. The van der Waals surface area contributed by atoms with Gasteiger partial charge >= 0.3 is 0 Å². The maximum Gasteiger partial charge on any atom is 0.160 e. The second-order valence-corrected chi connectivity index (χ2v) is 5.64. The number of fused-ring (bicyclic) bond motifs is 1. The van der Waals surface area contributed by atoms with Crippen molar-refractivity contribution in [2.45, 2.75) is 26.3 Å². The van der Waals surface area contributed by atoms with Crippen LogP contribution in [0.5, 0.6) is 0 Å². The number of halogens is 1. The van der Waals surface area contributed by atoms with E-state index in [1.165, 1.54) is 12.1 Å². The van der Waals surface area contributed by atoms with E-state index in [1.807, 2.05) is 19.2 Å². The summed E-state index contributed by atoms with van der Waals surface area (Å²) in [5.41, 5.74) is 9.65. The van der Waals surface area contributed by atoms with Crippen LogP contribution in [0.4, 0.5) is 4.39 Å². The first-order valence-corrected chi connectivity index (χ1v) is 7.36. The third-order valence-corrected chi connectivity index (χ3v) is 3.80. The molecular formula is C17H19FN4. The Labute approximate surface area is 128 Å². The molecular weight excluding hydrogens is 279 g/mol. The number of imidazole rings is 1. The van der Waals surface area contributed by atoms with Crippen LogP contribution in [-0.4, -0.2) is 21.1 Å². The molecule has 2 heterocycles. The number of benzene rings is 1. The summed E-state index contributed by atoms with van der Waals surface area (Å²) < 4.78 is 15.1. The van der Waals surface area contributed by atoms with E-state index in [4.69, 9.17) is 10.7 Å². The minimum Gasteiger partial charge on any atom is -0.328 e. The number of aromatic nitrogens is 3. The van der Waals surface area contributed by atoms with E-state index in [2.05, 4.69) is 16.5 Å². The molecule has 22 heavy (non-hydrogen) atoms. The fourth-order valence-electron chi connectivity index (χ4n) is 2.61. The quantitative estimate of drug-likeness (QED) is 0.805. The smallest absolute Gasteiger partial charge is 0.160 e. The van der Waals surface area contributed by atoms with Gasteiger partial charge in [0, 0.05) is 25.2 Å². The SMILES string of the molecule is Cc1cnc2c(c1)nc(Cc1ccc(F)cc1)n2C(C)CN. The molecule has 0 aliphatic rings. The van der Waals surface area contributed by atoms with Crippen LogP contribution in [0, 0.1) is 12.7 Å². The Morgan fingerprint density at radius 1 is 1.27 bits per heavy atom. The highest BCUT2D eigenvalue weighted by Crippen LogP contribution is 2.22. The number of nitrogens with zero attached hydrogens (tertiary/aromatic N) is 3. The highest BCUT2D eigenvalue weighted by molar-refractivity contribution is 5.72. The minimum atomic E-state index is -0.232. The van der Waals surface area contributed by atoms with E-state index >= 15 is 0 Å². The van der Waals surface area contributed by atoms with Gasteiger partial charge in [-0.1, -0.05) is 12.1 Å². The van der Waals surface area contributed by atoms with Gasteiger partial charge in [-0.3, -0.25) is 0 Å². The Kier molecular flexibility index (Phi) is 3.90. The van der Waals surface area contributed by atoms with Crippen molar-refractivity contribution in [2.24, 2.45) is 5.73 Å². The second kappa shape index (κ2) is 5.85. The first-order valence-electron chi connectivity index (χ1n) is 7.36. The molecule has 3 rings (SSSR count). The summed E-state index contributed by atoms with van der Waals surface area (Å²) in [5.74, 6) is 0.669. The Bertz CT molecular complexity index is 792. The minimum absolute atomic E-state index is 0.107. The topological polar surface area (TPSA) is 56.7 Å². The standard InChI is InChI=1S/C17H19FN4/c1-11-7-15-17(20-10-11)22(12(2)9-19)16(21-15)8-13-3-5-14(18)6-4-13/h3-7,10,12H,8-9,19H2,1-2H3. The number of aryl methyl sites for hydroxylation is 1. The van der Waals surface area contributed by atoms with Crippen molar-refractivity contribution in [3.05, 3.63) is 59.3 Å². The Hall–Kier alpha value is -2.27. The monoisotopic (exact) mass is 298 g/mol. The second-order valence-electron chi connectivity index (χ2n) is 5.64. The molecule has 5 heteroatoms. The fraction of sp³-hybridized carbons (Fsp3) is 0.294. The average molecular weight is 298 g/mol. The molecule has 2 aromatic heterocycles. The molecule has 2 N–H and O–H groups in total. The number of hydrogen-bond acceptors (Lipinski definition) is 3. The third-order valence-electron chi connectivity index (χ3n) is 3.80.